The first-order valence-electron chi connectivity index (χ1n) is 5.09. The number of rotatable bonds is 3. The quantitative estimate of drug-likeness (QED) is 0.706. The molecule has 74 valence electrons. The molecule has 1 unspecified atom stereocenters. The lowest BCUT2D eigenvalue weighted by Crippen LogP contribution is -2.48. The Morgan fingerprint density at radius 3 is 2.77 bits per heavy atom. The second-order valence-electron chi connectivity index (χ2n) is 4.42. The van der Waals surface area contributed by atoms with Crippen molar-refractivity contribution in [2.75, 3.05) is 13.2 Å². The highest BCUT2D eigenvalue weighted by atomic mass is 16.5. The molecule has 0 radical (unpaired) electrons. The molecule has 0 aromatic carbocycles. The van der Waals surface area contributed by atoms with Crippen LogP contribution in [0.1, 0.15) is 32.1 Å². The maximum Gasteiger partial charge on any atom is 0.140 e. The van der Waals surface area contributed by atoms with Crippen LogP contribution in [0.3, 0.4) is 0 Å². The van der Waals surface area contributed by atoms with Gasteiger partial charge >= 0.3 is 0 Å². The van der Waals surface area contributed by atoms with Gasteiger partial charge in [-0.2, -0.15) is 0 Å². The van der Waals surface area contributed by atoms with Crippen LogP contribution in [0.25, 0.3) is 0 Å². The van der Waals surface area contributed by atoms with Crippen LogP contribution >= 0.6 is 0 Å². The number of ketones is 1. The van der Waals surface area contributed by atoms with Crippen LogP contribution < -0.4 is 5.73 Å². The third-order valence-corrected chi connectivity index (χ3v) is 3.26. The van der Waals surface area contributed by atoms with Crippen molar-refractivity contribution in [2.45, 2.75) is 37.6 Å². The predicted molar refractivity (Wildman–Crippen MR) is 49.3 cm³/mol. The lowest BCUT2D eigenvalue weighted by Gasteiger charge is -2.38. The number of nitrogens with two attached hydrogens (primary N) is 1. The van der Waals surface area contributed by atoms with Crippen LogP contribution in [0.4, 0.5) is 0 Å². The molecule has 2 fully saturated rings. The molecule has 0 aromatic rings. The van der Waals surface area contributed by atoms with E-state index in [1.54, 1.807) is 0 Å². The molecule has 2 N–H and O–H groups in total. The van der Waals surface area contributed by atoms with Crippen LogP contribution in [-0.4, -0.2) is 24.5 Å². The van der Waals surface area contributed by atoms with E-state index < -0.39 is 0 Å². The molecule has 0 bridgehead atoms. The van der Waals surface area contributed by atoms with E-state index in [0.717, 1.165) is 25.9 Å². The van der Waals surface area contributed by atoms with Crippen molar-refractivity contribution in [3.05, 3.63) is 0 Å². The third kappa shape index (κ3) is 1.92. The molecule has 3 heteroatoms. The molecular weight excluding hydrogens is 166 g/mol. The SMILES string of the molecule is NC1(CC(=O)C2CCOC2)CCC1. The van der Waals surface area contributed by atoms with Gasteiger partial charge in [0.15, 0.2) is 0 Å². The van der Waals surface area contributed by atoms with Crippen molar-refractivity contribution in [1.29, 1.82) is 0 Å². The van der Waals surface area contributed by atoms with Crippen molar-refractivity contribution in [1.82, 2.24) is 0 Å². The minimum absolute atomic E-state index is 0.140. The van der Waals surface area contributed by atoms with Gasteiger partial charge in [-0.1, -0.05) is 0 Å². The summed E-state index contributed by atoms with van der Waals surface area (Å²) in [7, 11) is 0. The fourth-order valence-corrected chi connectivity index (χ4v) is 2.09. The zero-order valence-corrected chi connectivity index (χ0v) is 7.92. The molecule has 2 aliphatic rings. The number of Topliss-reactive ketones (excluding diaryl/α,β-unsaturated/α-hetero) is 1. The zero-order chi connectivity index (χ0) is 9.31. The third-order valence-electron chi connectivity index (χ3n) is 3.26. The van der Waals surface area contributed by atoms with Crippen molar-refractivity contribution in [3.8, 4) is 0 Å². The predicted octanol–water partition coefficient (Wildman–Crippen LogP) is 0.863. The average Bonchev–Trinajstić information content (AvgIpc) is 2.53. The van der Waals surface area contributed by atoms with Crippen molar-refractivity contribution < 1.29 is 9.53 Å². The standard InChI is InChI=1S/C10H17NO2/c11-10(3-1-4-10)6-9(12)8-2-5-13-7-8/h8H,1-7,11H2. The largest absolute Gasteiger partial charge is 0.381 e. The number of carbonyl (C=O) groups is 1. The number of ether oxygens (including phenoxy) is 1. The van der Waals surface area contributed by atoms with Gasteiger partial charge in [0.1, 0.15) is 5.78 Å². The van der Waals surface area contributed by atoms with Gasteiger partial charge in [0.05, 0.1) is 6.61 Å². The summed E-state index contributed by atoms with van der Waals surface area (Å²) in [6, 6.07) is 0. The molecule has 1 aliphatic heterocycles. The summed E-state index contributed by atoms with van der Waals surface area (Å²) in [5, 5.41) is 0. The van der Waals surface area contributed by atoms with Crippen molar-refractivity contribution in [2.24, 2.45) is 11.7 Å². The molecule has 0 spiro atoms. The lowest BCUT2D eigenvalue weighted by molar-refractivity contribution is -0.124. The Balaban J connectivity index is 1.83. The van der Waals surface area contributed by atoms with Crippen LogP contribution in [0.15, 0.2) is 0 Å². The highest BCUT2D eigenvalue weighted by Gasteiger charge is 2.37. The molecular formula is C10H17NO2. The van der Waals surface area contributed by atoms with Gasteiger partial charge in [0.25, 0.3) is 0 Å². The van der Waals surface area contributed by atoms with E-state index in [1.165, 1.54) is 6.42 Å². The molecule has 3 nitrogen and oxygen atoms in total. The first kappa shape index (κ1) is 9.16. The molecule has 1 heterocycles. The fourth-order valence-electron chi connectivity index (χ4n) is 2.09. The first-order chi connectivity index (χ1) is 6.20. The monoisotopic (exact) mass is 183 g/mol. The van der Waals surface area contributed by atoms with Gasteiger partial charge in [-0.15, -0.1) is 0 Å². The van der Waals surface area contributed by atoms with Gasteiger partial charge in [0, 0.05) is 24.5 Å². The van der Waals surface area contributed by atoms with Gasteiger partial charge in [0.2, 0.25) is 0 Å². The summed E-state index contributed by atoms with van der Waals surface area (Å²) in [4.78, 5) is 11.7. The van der Waals surface area contributed by atoms with Crippen LogP contribution in [0, 0.1) is 5.92 Å². The van der Waals surface area contributed by atoms with E-state index in [-0.39, 0.29) is 11.5 Å². The molecule has 1 atom stereocenters. The number of hydrogen-bond acceptors (Lipinski definition) is 3. The Morgan fingerprint density at radius 2 is 2.31 bits per heavy atom. The lowest BCUT2D eigenvalue weighted by atomic mass is 9.73. The van der Waals surface area contributed by atoms with E-state index in [0.29, 0.717) is 18.8 Å². The van der Waals surface area contributed by atoms with Crippen LogP contribution in [0.5, 0.6) is 0 Å². The van der Waals surface area contributed by atoms with E-state index >= 15 is 0 Å². The fraction of sp³-hybridized carbons (Fsp3) is 0.900. The Morgan fingerprint density at radius 1 is 1.54 bits per heavy atom. The highest BCUT2D eigenvalue weighted by Crippen LogP contribution is 2.33. The average molecular weight is 183 g/mol. The Labute approximate surface area is 78.6 Å². The van der Waals surface area contributed by atoms with E-state index in [2.05, 4.69) is 0 Å². The Bertz CT molecular complexity index is 205. The summed E-state index contributed by atoms with van der Waals surface area (Å²) in [5.74, 6) is 0.459. The zero-order valence-electron chi connectivity index (χ0n) is 7.92. The Kier molecular flexibility index (Phi) is 2.39. The highest BCUT2D eigenvalue weighted by molar-refractivity contribution is 5.82. The Hall–Kier alpha value is -0.410. The van der Waals surface area contributed by atoms with Gasteiger partial charge in [-0.05, 0) is 25.7 Å². The van der Waals surface area contributed by atoms with Gasteiger partial charge < -0.3 is 10.5 Å². The molecule has 2 rings (SSSR count). The number of carbonyl (C=O) groups excluding carboxylic acids is 1. The second-order valence-corrected chi connectivity index (χ2v) is 4.42. The summed E-state index contributed by atoms with van der Waals surface area (Å²) in [6.45, 7) is 1.36. The number of hydrogen-bond donors (Lipinski definition) is 1. The maximum atomic E-state index is 11.7. The molecule has 0 aromatic heterocycles. The minimum atomic E-state index is -0.153. The van der Waals surface area contributed by atoms with E-state index in [9.17, 15) is 4.79 Å². The second kappa shape index (κ2) is 3.39. The summed E-state index contributed by atoms with van der Waals surface area (Å²) >= 11 is 0. The van der Waals surface area contributed by atoms with Gasteiger partial charge in [-0.3, -0.25) is 4.79 Å². The molecule has 13 heavy (non-hydrogen) atoms. The molecule has 1 saturated carbocycles. The maximum absolute atomic E-state index is 11.7. The normalized spacial score (nSPS) is 31.3. The van der Waals surface area contributed by atoms with Crippen molar-refractivity contribution >= 4 is 5.78 Å². The first-order valence-corrected chi connectivity index (χ1v) is 5.09. The topological polar surface area (TPSA) is 52.3 Å². The molecule has 1 saturated heterocycles. The van der Waals surface area contributed by atoms with Crippen molar-refractivity contribution in [3.63, 3.8) is 0 Å². The molecule has 0 amide bonds. The van der Waals surface area contributed by atoms with Crippen LogP contribution in [-0.2, 0) is 9.53 Å². The summed E-state index contributed by atoms with van der Waals surface area (Å²) < 4.78 is 5.18. The smallest absolute Gasteiger partial charge is 0.140 e. The summed E-state index contributed by atoms with van der Waals surface area (Å²) in [5.41, 5.74) is 5.86. The van der Waals surface area contributed by atoms with Crippen LogP contribution in [0.2, 0.25) is 0 Å². The van der Waals surface area contributed by atoms with E-state index in [1.807, 2.05) is 0 Å². The minimum Gasteiger partial charge on any atom is -0.381 e. The van der Waals surface area contributed by atoms with E-state index in [4.69, 9.17) is 10.5 Å². The van der Waals surface area contributed by atoms with Gasteiger partial charge in [-0.25, -0.2) is 0 Å². The summed E-state index contributed by atoms with van der Waals surface area (Å²) in [6.07, 6.45) is 4.69. The molecule has 1 aliphatic carbocycles.